The summed E-state index contributed by atoms with van der Waals surface area (Å²) in [6.45, 7) is 0. The Kier molecular flexibility index (Phi) is 2.17. The number of methoxy groups -OCH3 is 2. The predicted octanol–water partition coefficient (Wildman–Crippen LogP) is 1.73. The molecule has 0 heterocycles. The van der Waals surface area contributed by atoms with E-state index in [2.05, 4.69) is 0 Å². The molecule has 1 aromatic carbocycles. The summed E-state index contributed by atoms with van der Waals surface area (Å²) in [6.07, 6.45) is 3.95. The minimum Gasteiger partial charge on any atom is -0.493 e. The highest BCUT2D eigenvalue weighted by atomic mass is 16.5. The van der Waals surface area contributed by atoms with Crippen molar-refractivity contribution in [2.45, 2.75) is 6.04 Å². The van der Waals surface area contributed by atoms with Crippen molar-refractivity contribution in [1.29, 1.82) is 0 Å². The quantitative estimate of drug-likeness (QED) is 0.774. The maximum absolute atomic E-state index is 5.92. The van der Waals surface area contributed by atoms with E-state index in [0.717, 1.165) is 22.6 Å². The molecule has 1 aliphatic rings. The van der Waals surface area contributed by atoms with Crippen LogP contribution in [0.1, 0.15) is 17.2 Å². The molecular weight excluding hydrogens is 178 g/mol. The van der Waals surface area contributed by atoms with Gasteiger partial charge in [0.1, 0.15) is 0 Å². The second kappa shape index (κ2) is 3.35. The van der Waals surface area contributed by atoms with Gasteiger partial charge in [-0.15, -0.1) is 0 Å². The van der Waals surface area contributed by atoms with Crippen molar-refractivity contribution in [2.75, 3.05) is 14.2 Å². The molecule has 2 N–H and O–H groups in total. The smallest absolute Gasteiger partial charge is 0.166 e. The van der Waals surface area contributed by atoms with Gasteiger partial charge in [0.25, 0.3) is 0 Å². The first-order valence-electron chi connectivity index (χ1n) is 4.46. The van der Waals surface area contributed by atoms with Crippen LogP contribution in [-0.4, -0.2) is 14.2 Å². The molecule has 0 saturated carbocycles. The highest BCUT2D eigenvalue weighted by Gasteiger charge is 2.21. The van der Waals surface area contributed by atoms with Crippen LogP contribution in [-0.2, 0) is 0 Å². The molecule has 3 nitrogen and oxygen atoms in total. The van der Waals surface area contributed by atoms with Crippen LogP contribution in [0.3, 0.4) is 0 Å². The zero-order chi connectivity index (χ0) is 10.1. The Balaban J connectivity index is 2.60. The van der Waals surface area contributed by atoms with Crippen LogP contribution in [0, 0.1) is 0 Å². The number of rotatable bonds is 2. The molecule has 0 aromatic heterocycles. The molecule has 1 aliphatic carbocycles. The Morgan fingerprint density at radius 1 is 1.21 bits per heavy atom. The zero-order valence-corrected chi connectivity index (χ0v) is 8.28. The van der Waals surface area contributed by atoms with Crippen LogP contribution >= 0.6 is 0 Å². The highest BCUT2D eigenvalue weighted by Crippen LogP contribution is 2.40. The summed E-state index contributed by atoms with van der Waals surface area (Å²) in [4.78, 5) is 0. The van der Waals surface area contributed by atoms with Gasteiger partial charge in [-0.05, 0) is 11.6 Å². The van der Waals surface area contributed by atoms with Crippen molar-refractivity contribution in [1.82, 2.24) is 0 Å². The molecule has 3 heteroatoms. The lowest BCUT2D eigenvalue weighted by atomic mass is 10.1. The first kappa shape index (κ1) is 9.09. The van der Waals surface area contributed by atoms with E-state index in [9.17, 15) is 0 Å². The van der Waals surface area contributed by atoms with Gasteiger partial charge in [-0.1, -0.05) is 18.2 Å². The SMILES string of the molecule is COc1ccc2c(c1OC)C(N)C=C2. The Labute approximate surface area is 83.1 Å². The largest absolute Gasteiger partial charge is 0.493 e. The topological polar surface area (TPSA) is 44.5 Å². The maximum Gasteiger partial charge on any atom is 0.166 e. The fraction of sp³-hybridized carbons (Fsp3) is 0.273. The molecule has 0 fully saturated rings. The number of nitrogens with two attached hydrogens (primary N) is 1. The van der Waals surface area contributed by atoms with Crippen LogP contribution in [0.15, 0.2) is 18.2 Å². The Morgan fingerprint density at radius 2 is 2.00 bits per heavy atom. The summed E-state index contributed by atoms with van der Waals surface area (Å²) >= 11 is 0. The van der Waals surface area contributed by atoms with E-state index in [1.807, 2.05) is 24.3 Å². The summed E-state index contributed by atoms with van der Waals surface area (Å²) in [6, 6.07) is 3.79. The summed E-state index contributed by atoms with van der Waals surface area (Å²) in [7, 11) is 3.25. The van der Waals surface area contributed by atoms with Gasteiger partial charge in [0.05, 0.1) is 20.3 Å². The van der Waals surface area contributed by atoms with Crippen LogP contribution in [0.25, 0.3) is 6.08 Å². The Morgan fingerprint density at radius 3 is 2.64 bits per heavy atom. The van der Waals surface area contributed by atoms with Gasteiger partial charge in [0, 0.05) is 5.56 Å². The minimum absolute atomic E-state index is 0.0879. The second-order valence-electron chi connectivity index (χ2n) is 3.19. The van der Waals surface area contributed by atoms with Crippen LogP contribution in [0.5, 0.6) is 11.5 Å². The van der Waals surface area contributed by atoms with Gasteiger partial charge in [0.2, 0.25) is 0 Å². The lowest BCUT2D eigenvalue weighted by Gasteiger charge is -2.14. The Hall–Kier alpha value is -1.48. The molecule has 74 valence electrons. The summed E-state index contributed by atoms with van der Waals surface area (Å²) in [5, 5.41) is 0. The number of fused-ring (bicyclic) bond motifs is 1. The van der Waals surface area contributed by atoms with E-state index in [4.69, 9.17) is 15.2 Å². The van der Waals surface area contributed by atoms with Crippen LogP contribution < -0.4 is 15.2 Å². The monoisotopic (exact) mass is 191 g/mol. The predicted molar refractivity (Wildman–Crippen MR) is 55.5 cm³/mol. The third kappa shape index (κ3) is 1.17. The van der Waals surface area contributed by atoms with Crippen LogP contribution in [0.2, 0.25) is 0 Å². The van der Waals surface area contributed by atoms with Crippen molar-refractivity contribution >= 4 is 6.08 Å². The average Bonchev–Trinajstić information content (AvgIpc) is 2.59. The van der Waals surface area contributed by atoms with Gasteiger partial charge in [-0.2, -0.15) is 0 Å². The molecule has 0 radical (unpaired) electrons. The normalized spacial score (nSPS) is 18.1. The van der Waals surface area contributed by atoms with Gasteiger partial charge in [-0.25, -0.2) is 0 Å². The van der Waals surface area contributed by atoms with E-state index >= 15 is 0 Å². The van der Waals surface area contributed by atoms with Crippen molar-refractivity contribution in [2.24, 2.45) is 5.73 Å². The molecule has 1 unspecified atom stereocenters. The fourth-order valence-corrected chi connectivity index (χ4v) is 1.76. The van der Waals surface area contributed by atoms with Crippen molar-refractivity contribution < 1.29 is 9.47 Å². The first-order valence-corrected chi connectivity index (χ1v) is 4.46. The molecule has 0 saturated heterocycles. The number of benzene rings is 1. The minimum atomic E-state index is -0.0879. The third-order valence-electron chi connectivity index (χ3n) is 2.43. The maximum atomic E-state index is 5.92. The molecule has 0 bridgehead atoms. The summed E-state index contributed by atoms with van der Waals surface area (Å²) in [5.41, 5.74) is 8.04. The number of ether oxygens (including phenoxy) is 2. The molecule has 1 aromatic rings. The lowest BCUT2D eigenvalue weighted by molar-refractivity contribution is 0.351. The molecule has 14 heavy (non-hydrogen) atoms. The molecule has 0 aliphatic heterocycles. The van der Waals surface area contributed by atoms with Crippen molar-refractivity contribution in [3.63, 3.8) is 0 Å². The van der Waals surface area contributed by atoms with Gasteiger partial charge < -0.3 is 15.2 Å². The highest BCUT2D eigenvalue weighted by molar-refractivity contribution is 5.69. The number of hydrogen-bond acceptors (Lipinski definition) is 3. The van der Waals surface area contributed by atoms with E-state index < -0.39 is 0 Å². The van der Waals surface area contributed by atoms with E-state index in [1.165, 1.54) is 0 Å². The van der Waals surface area contributed by atoms with Crippen molar-refractivity contribution in [3.05, 3.63) is 29.3 Å². The summed E-state index contributed by atoms with van der Waals surface area (Å²) in [5.74, 6) is 1.47. The van der Waals surface area contributed by atoms with E-state index in [1.54, 1.807) is 14.2 Å². The van der Waals surface area contributed by atoms with E-state index in [0.29, 0.717) is 0 Å². The number of hydrogen-bond donors (Lipinski definition) is 1. The lowest BCUT2D eigenvalue weighted by Crippen LogP contribution is -2.07. The zero-order valence-electron chi connectivity index (χ0n) is 8.28. The fourth-order valence-electron chi connectivity index (χ4n) is 1.76. The van der Waals surface area contributed by atoms with Gasteiger partial charge in [-0.3, -0.25) is 0 Å². The molecule has 0 amide bonds. The molecule has 0 spiro atoms. The summed E-state index contributed by atoms with van der Waals surface area (Å²) < 4.78 is 10.5. The molecular formula is C11H13NO2. The van der Waals surface area contributed by atoms with Gasteiger partial charge in [0.15, 0.2) is 11.5 Å². The van der Waals surface area contributed by atoms with E-state index in [-0.39, 0.29) is 6.04 Å². The standard InChI is InChI=1S/C11H13NO2/c1-13-9-6-4-7-3-5-8(12)10(7)11(9)14-2/h3-6,8H,12H2,1-2H3. The van der Waals surface area contributed by atoms with Gasteiger partial charge >= 0.3 is 0 Å². The van der Waals surface area contributed by atoms with Crippen LogP contribution in [0.4, 0.5) is 0 Å². The molecule has 2 rings (SSSR count). The first-order chi connectivity index (χ1) is 6.77. The average molecular weight is 191 g/mol. The molecule has 1 atom stereocenters. The second-order valence-corrected chi connectivity index (χ2v) is 3.19. The third-order valence-corrected chi connectivity index (χ3v) is 2.43. The van der Waals surface area contributed by atoms with Crippen molar-refractivity contribution in [3.8, 4) is 11.5 Å². The Bertz CT molecular complexity index is 385.